The summed E-state index contributed by atoms with van der Waals surface area (Å²) in [4.78, 5) is 24.2. The predicted octanol–water partition coefficient (Wildman–Crippen LogP) is 3.65. The molecule has 6 nitrogen and oxygen atoms in total. The number of hydrogen-bond acceptors (Lipinski definition) is 4. The molecule has 1 aromatic heterocycles. The second kappa shape index (κ2) is 8.99. The van der Waals surface area contributed by atoms with Crippen molar-refractivity contribution in [2.75, 3.05) is 12.4 Å². The van der Waals surface area contributed by atoms with E-state index < -0.39 is 0 Å². The van der Waals surface area contributed by atoms with Gasteiger partial charge in [-0.15, -0.1) is 0 Å². The van der Waals surface area contributed by atoms with Crippen LogP contribution in [0, 0.1) is 6.92 Å². The van der Waals surface area contributed by atoms with Gasteiger partial charge in [0, 0.05) is 30.3 Å². The van der Waals surface area contributed by atoms with E-state index in [1.165, 1.54) is 10.7 Å². The number of benzene rings is 2. The summed E-state index contributed by atoms with van der Waals surface area (Å²) in [5.41, 5.74) is 3.27. The van der Waals surface area contributed by atoms with Gasteiger partial charge in [0.25, 0.3) is 5.56 Å². The van der Waals surface area contributed by atoms with Gasteiger partial charge in [0.1, 0.15) is 5.75 Å². The molecule has 0 unspecified atom stereocenters. The molecule has 3 aromatic rings. The zero-order valence-corrected chi connectivity index (χ0v) is 16.0. The Bertz CT molecular complexity index is 1010. The molecule has 3 rings (SSSR count). The van der Waals surface area contributed by atoms with E-state index in [4.69, 9.17) is 4.74 Å². The molecule has 28 heavy (non-hydrogen) atoms. The molecule has 0 saturated carbocycles. The number of aryl methyl sites for hydroxylation is 2. The molecular formula is C22H23N3O3. The van der Waals surface area contributed by atoms with Crippen molar-refractivity contribution in [3.8, 4) is 17.0 Å². The van der Waals surface area contributed by atoms with Crippen LogP contribution in [0.25, 0.3) is 11.3 Å². The third-order valence-corrected chi connectivity index (χ3v) is 4.34. The molecule has 1 amide bonds. The van der Waals surface area contributed by atoms with E-state index in [1.807, 2.05) is 55.5 Å². The Kier molecular flexibility index (Phi) is 6.22. The van der Waals surface area contributed by atoms with Crippen molar-refractivity contribution in [3.05, 3.63) is 76.6 Å². The van der Waals surface area contributed by atoms with Crippen molar-refractivity contribution in [1.29, 1.82) is 0 Å². The highest BCUT2D eigenvalue weighted by molar-refractivity contribution is 5.90. The van der Waals surface area contributed by atoms with E-state index in [2.05, 4.69) is 10.4 Å². The van der Waals surface area contributed by atoms with E-state index >= 15 is 0 Å². The molecule has 0 bridgehead atoms. The monoisotopic (exact) mass is 377 g/mol. The lowest BCUT2D eigenvalue weighted by Gasteiger charge is -2.09. The van der Waals surface area contributed by atoms with Gasteiger partial charge in [0.05, 0.1) is 12.8 Å². The highest BCUT2D eigenvalue weighted by Crippen LogP contribution is 2.21. The number of rotatable bonds is 7. The van der Waals surface area contributed by atoms with Crippen LogP contribution < -0.4 is 15.6 Å². The first kappa shape index (κ1) is 19.4. The highest BCUT2D eigenvalue weighted by Gasteiger charge is 2.07. The van der Waals surface area contributed by atoms with E-state index in [0.717, 1.165) is 22.6 Å². The number of aromatic nitrogens is 2. The van der Waals surface area contributed by atoms with E-state index in [-0.39, 0.29) is 11.5 Å². The fraction of sp³-hybridized carbons (Fsp3) is 0.227. The van der Waals surface area contributed by atoms with Crippen molar-refractivity contribution in [2.45, 2.75) is 26.3 Å². The Morgan fingerprint density at radius 3 is 2.64 bits per heavy atom. The normalized spacial score (nSPS) is 10.5. The van der Waals surface area contributed by atoms with Crippen LogP contribution >= 0.6 is 0 Å². The minimum absolute atomic E-state index is 0.0825. The van der Waals surface area contributed by atoms with Crippen LogP contribution in [0.1, 0.15) is 18.4 Å². The van der Waals surface area contributed by atoms with Crippen molar-refractivity contribution in [3.63, 3.8) is 0 Å². The molecule has 0 spiro atoms. The summed E-state index contributed by atoms with van der Waals surface area (Å²) < 4.78 is 6.63. The molecule has 1 heterocycles. The van der Waals surface area contributed by atoms with Crippen LogP contribution in [0.15, 0.2) is 65.5 Å². The Morgan fingerprint density at radius 2 is 1.89 bits per heavy atom. The van der Waals surface area contributed by atoms with Crippen LogP contribution in [0.3, 0.4) is 0 Å². The van der Waals surface area contributed by atoms with Crippen molar-refractivity contribution in [2.24, 2.45) is 0 Å². The molecule has 2 aromatic carbocycles. The summed E-state index contributed by atoms with van der Waals surface area (Å²) in [5.74, 6) is 0.644. The summed E-state index contributed by atoms with van der Waals surface area (Å²) in [6, 6.07) is 18.3. The number of carbonyl (C=O) groups excluding carboxylic acids is 1. The van der Waals surface area contributed by atoms with Crippen LogP contribution in [-0.4, -0.2) is 22.8 Å². The molecule has 0 atom stereocenters. The zero-order valence-electron chi connectivity index (χ0n) is 16.0. The number of methoxy groups -OCH3 is 1. The quantitative estimate of drug-likeness (QED) is 0.682. The molecule has 0 saturated heterocycles. The third-order valence-electron chi connectivity index (χ3n) is 4.34. The summed E-state index contributed by atoms with van der Waals surface area (Å²) in [5, 5.41) is 7.28. The second-order valence-electron chi connectivity index (χ2n) is 6.53. The first-order chi connectivity index (χ1) is 13.5. The van der Waals surface area contributed by atoms with Gasteiger partial charge in [0.2, 0.25) is 5.91 Å². The van der Waals surface area contributed by atoms with Crippen molar-refractivity contribution in [1.82, 2.24) is 9.78 Å². The molecule has 144 valence electrons. The van der Waals surface area contributed by atoms with Gasteiger partial charge in [-0.25, -0.2) is 4.68 Å². The Hall–Kier alpha value is -3.41. The smallest absolute Gasteiger partial charge is 0.266 e. The topological polar surface area (TPSA) is 73.2 Å². The van der Waals surface area contributed by atoms with Gasteiger partial charge >= 0.3 is 0 Å². The zero-order chi connectivity index (χ0) is 19.9. The highest BCUT2D eigenvalue weighted by atomic mass is 16.5. The van der Waals surface area contributed by atoms with Gasteiger partial charge < -0.3 is 10.1 Å². The maximum Gasteiger partial charge on any atom is 0.266 e. The number of carbonyl (C=O) groups is 1. The fourth-order valence-corrected chi connectivity index (χ4v) is 2.80. The van der Waals surface area contributed by atoms with E-state index in [1.54, 1.807) is 13.2 Å². The third kappa shape index (κ3) is 5.07. The summed E-state index contributed by atoms with van der Waals surface area (Å²) >= 11 is 0. The van der Waals surface area contributed by atoms with Gasteiger partial charge in [-0.05, 0) is 43.7 Å². The van der Waals surface area contributed by atoms with Gasteiger partial charge in [-0.2, -0.15) is 5.10 Å². The molecule has 0 fully saturated rings. The van der Waals surface area contributed by atoms with Crippen LogP contribution in [0.4, 0.5) is 5.69 Å². The van der Waals surface area contributed by atoms with E-state index in [9.17, 15) is 9.59 Å². The number of hydrogen-bond donors (Lipinski definition) is 1. The average molecular weight is 377 g/mol. The summed E-state index contributed by atoms with van der Waals surface area (Å²) in [6.45, 7) is 2.37. The SMILES string of the molecule is COc1cccc(-c2ccc(=O)n(CCCC(=O)Nc3ccc(C)cc3)n2)c1. The van der Waals surface area contributed by atoms with E-state index in [0.29, 0.717) is 25.1 Å². The number of nitrogens with zero attached hydrogens (tertiary/aromatic N) is 2. The van der Waals surface area contributed by atoms with Crippen molar-refractivity contribution < 1.29 is 9.53 Å². The fourth-order valence-electron chi connectivity index (χ4n) is 2.80. The first-order valence-electron chi connectivity index (χ1n) is 9.14. The first-order valence-corrected chi connectivity index (χ1v) is 9.14. The lowest BCUT2D eigenvalue weighted by atomic mass is 10.1. The summed E-state index contributed by atoms with van der Waals surface area (Å²) in [6.07, 6.45) is 0.831. The standard InChI is InChI=1S/C22H23N3O3/c1-16-8-10-18(11-9-16)23-21(26)7-4-14-25-22(27)13-12-20(24-25)17-5-3-6-19(15-17)28-2/h3,5-6,8-13,15H,4,7,14H2,1-2H3,(H,23,26). The molecule has 0 aliphatic heterocycles. The molecule has 6 heteroatoms. The number of amides is 1. The predicted molar refractivity (Wildman–Crippen MR) is 110 cm³/mol. The van der Waals surface area contributed by atoms with Gasteiger partial charge in [-0.1, -0.05) is 29.8 Å². The molecule has 0 radical (unpaired) electrons. The van der Waals surface area contributed by atoms with Gasteiger partial charge in [0.15, 0.2) is 0 Å². The van der Waals surface area contributed by atoms with Crippen molar-refractivity contribution >= 4 is 11.6 Å². The Balaban J connectivity index is 1.61. The van der Waals surface area contributed by atoms with Crippen LogP contribution in [-0.2, 0) is 11.3 Å². The number of ether oxygens (including phenoxy) is 1. The maximum atomic E-state index is 12.1. The minimum Gasteiger partial charge on any atom is -0.497 e. The Labute approximate surface area is 163 Å². The number of anilines is 1. The largest absolute Gasteiger partial charge is 0.497 e. The molecular weight excluding hydrogens is 354 g/mol. The average Bonchev–Trinajstić information content (AvgIpc) is 2.71. The maximum absolute atomic E-state index is 12.1. The van der Waals surface area contributed by atoms with Crippen LogP contribution in [0.5, 0.6) is 5.75 Å². The molecule has 1 N–H and O–H groups in total. The number of nitrogens with one attached hydrogen (secondary N) is 1. The van der Waals surface area contributed by atoms with Crippen LogP contribution in [0.2, 0.25) is 0 Å². The van der Waals surface area contributed by atoms with Gasteiger partial charge in [-0.3, -0.25) is 9.59 Å². The second-order valence-corrected chi connectivity index (χ2v) is 6.53. The Morgan fingerprint density at radius 1 is 1.11 bits per heavy atom. The minimum atomic E-state index is -0.189. The molecule has 0 aliphatic rings. The molecule has 0 aliphatic carbocycles. The lowest BCUT2D eigenvalue weighted by Crippen LogP contribution is -2.23. The lowest BCUT2D eigenvalue weighted by molar-refractivity contribution is -0.116. The summed E-state index contributed by atoms with van der Waals surface area (Å²) in [7, 11) is 1.61.